The van der Waals surface area contributed by atoms with Crippen LogP contribution in [0.25, 0.3) is 0 Å². The number of benzene rings is 3. The van der Waals surface area contributed by atoms with Crippen LogP contribution < -0.4 is 10.6 Å². The summed E-state index contributed by atoms with van der Waals surface area (Å²) < 4.78 is 5.90. The van der Waals surface area contributed by atoms with Crippen LogP contribution in [0.3, 0.4) is 0 Å². The zero-order valence-electron chi connectivity index (χ0n) is 16.3. The van der Waals surface area contributed by atoms with Crippen LogP contribution in [-0.4, -0.2) is 17.4 Å². The van der Waals surface area contributed by atoms with Gasteiger partial charge in [-0.2, -0.15) is 0 Å². The van der Waals surface area contributed by atoms with Gasteiger partial charge in [0.05, 0.1) is 13.2 Å². The van der Waals surface area contributed by atoms with Crippen molar-refractivity contribution in [2.24, 2.45) is 0 Å². The Kier molecular flexibility index (Phi) is 9.04. The fourth-order valence-electron chi connectivity index (χ4n) is 2.81. The van der Waals surface area contributed by atoms with E-state index < -0.39 is 0 Å². The number of ether oxygens (including phenoxy) is 1. The topological polar surface area (TPSA) is 33.3 Å². The number of thioether (sulfide) groups is 1. The minimum absolute atomic E-state index is 0.584. The van der Waals surface area contributed by atoms with Gasteiger partial charge < -0.3 is 15.4 Å². The first-order valence-corrected chi connectivity index (χ1v) is 11.1. The van der Waals surface area contributed by atoms with Crippen molar-refractivity contribution in [3.63, 3.8) is 0 Å². The van der Waals surface area contributed by atoms with Crippen molar-refractivity contribution in [1.82, 2.24) is 10.6 Å². The predicted molar refractivity (Wildman–Crippen MR) is 126 cm³/mol. The third kappa shape index (κ3) is 7.89. The minimum atomic E-state index is 0.584. The molecule has 0 radical (unpaired) electrons. The van der Waals surface area contributed by atoms with E-state index in [1.807, 2.05) is 48.2 Å². The van der Waals surface area contributed by atoms with Crippen molar-refractivity contribution in [1.29, 1.82) is 0 Å². The third-order valence-electron chi connectivity index (χ3n) is 4.33. The van der Waals surface area contributed by atoms with Gasteiger partial charge in [0.15, 0.2) is 5.11 Å². The second-order valence-corrected chi connectivity index (χ2v) is 8.09. The fraction of sp³-hybridized carbons (Fsp3) is 0.208. The Bertz CT molecular complexity index is 872. The van der Waals surface area contributed by atoms with E-state index in [2.05, 4.69) is 59.2 Å². The van der Waals surface area contributed by atoms with Crippen molar-refractivity contribution in [3.05, 3.63) is 102 Å². The monoisotopic (exact) mass is 422 g/mol. The summed E-state index contributed by atoms with van der Waals surface area (Å²) in [5.74, 6) is 0.968. The molecule has 0 bridgehead atoms. The summed E-state index contributed by atoms with van der Waals surface area (Å²) in [6.45, 7) is 2.71. The first-order chi connectivity index (χ1) is 14.3. The van der Waals surface area contributed by atoms with Gasteiger partial charge in [-0.05, 0) is 41.0 Å². The summed E-state index contributed by atoms with van der Waals surface area (Å²) in [4.78, 5) is 1.28. The molecule has 3 aromatic rings. The van der Waals surface area contributed by atoms with Crippen molar-refractivity contribution in [2.45, 2.75) is 24.7 Å². The van der Waals surface area contributed by atoms with Crippen molar-refractivity contribution in [2.75, 3.05) is 12.3 Å². The van der Waals surface area contributed by atoms with E-state index in [0.29, 0.717) is 24.9 Å². The number of hydrogen-bond acceptors (Lipinski definition) is 3. The van der Waals surface area contributed by atoms with E-state index in [0.717, 1.165) is 12.3 Å². The molecule has 0 saturated heterocycles. The van der Waals surface area contributed by atoms with Gasteiger partial charge in [-0.15, -0.1) is 11.8 Å². The Morgan fingerprint density at radius 1 is 0.759 bits per heavy atom. The van der Waals surface area contributed by atoms with Crippen LogP contribution in [-0.2, 0) is 24.5 Å². The second-order valence-electron chi connectivity index (χ2n) is 6.52. The van der Waals surface area contributed by atoms with Gasteiger partial charge in [-0.25, -0.2) is 0 Å². The first-order valence-electron chi connectivity index (χ1n) is 9.69. The average Bonchev–Trinajstić information content (AvgIpc) is 2.77. The molecule has 0 saturated carbocycles. The van der Waals surface area contributed by atoms with Gasteiger partial charge in [0.25, 0.3) is 0 Å². The largest absolute Gasteiger partial charge is 0.372 e. The second kappa shape index (κ2) is 12.3. The van der Waals surface area contributed by atoms with Crippen molar-refractivity contribution >= 4 is 29.1 Å². The smallest absolute Gasteiger partial charge is 0.166 e. The molecule has 5 heteroatoms. The van der Waals surface area contributed by atoms with Crippen LogP contribution >= 0.6 is 24.0 Å². The standard InChI is InChI=1S/C24H26N2OS2/c28-24(25-15-16-29-23-13-5-2-6-14-23)26-17-21-11-7-8-12-22(21)19-27-18-20-9-3-1-4-10-20/h1-14H,15-19H2,(H2,25,26,28). The lowest BCUT2D eigenvalue weighted by molar-refractivity contribution is 0.106. The maximum absolute atomic E-state index is 5.90. The molecule has 3 aromatic carbocycles. The Morgan fingerprint density at radius 3 is 2.17 bits per heavy atom. The molecule has 150 valence electrons. The zero-order valence-corrected chi connectivity index (χ0v) is 18.0. The highest BCUT2D eigenvalue weighted by Crippen LogP contribution is 2.15. The maximum atomic E-state index is 5.90. The van der Waals surface area contributed by atoms with Gasteiger partial charge in [0.1, 0.15) is 0 Å². The molecule has 3 rings (SSSR count). The molecule has 29 heavy (non-hydrogen) atoms. The van der Waals surface area contributed by atoms with Crippen LogP contribution in [0.5, 0.6) is 0 Å². The molecule has 0 fully saturated rings. The molecule has 0 unspecified atom stereocenters. The van der Waals surface area contributed by atoms with E-state index in [4.69, 9.17) is 17.0 Å². The molecule has 0 atom stereocenters. The van der Waals surface area contributed by atoms with E-state index >= 15 is 0 Å². The Labute approximate surface area is 182 Å². The number of nitrogens with one attached hydrogen (secondary N) is 2. The molecular formula is C24H26N2OS2. The van der Waals surface area contributed by atoms with Crippen LogP contribution in [0.15, 0.2) is 89.8 Å². The summed E-state index contributed by atoms with van der Waals surface area (Å²) in [6, 6.07) is 28.9. The van der Waals surface area contributed by atoms with Crippen molar-refractivity contribution in [3.8, 4) is 0 Å². The molecule has 0 heterocycles. The van der Waals surface area contributed by atoms with E-state index in [9.17, 15) is 0 Å². The lowest BCUT2D eigenvalue weighted by atomic mass is 10.1. The molecule has 0 amide bonds. The molecule has 0 aliphatic carbocycles. The van der Waals surface area contributed by atoms with Gasteiger partial charge in [0.2, 0.25) is 0 Å². The maximum Gasteiger partial charge on any atom is 0.166 e. The minimum Gasteiger partial charge on any atom is -0.372 e. The number of thiocarbonyl (C=S) groups is 1. The Balaban J connectivity index is 1.37. The van der Waals surface area contributed by atoms with Crippen molar-refractivity contribution < 1.29 is 4.74 Å². The molecule has 0 aromatic heterocycles. The summed E-state index contributed by atoms with van der Waals surface area (Å²) in [6.07, 6.45) is 0. The molecule has 0 aliphatic rings. The van der Waals surface area contributed by atoms with E-state index in [-0.39, 0.29) is 0 Å². The molecule has 0 aliphatic heterocycles. The Hall–Kier alpha value is -2.34. The first kappa shape index (κ1) is 21.4. The summed E-state index contributed by atoms with van der Waals surface area (Å²) in [5, 5.41) is 7.26. The fourth-order valence-corrected chi connectivity index (χ4v) is 3.78. The normalized spacial score (nSPS) is 10.5. The van der Waals surface area contributed by atoms with Crippen LogP contribution in [0.2, 0.25) is 0 Å². The number of hydrogen-bond donors (Lipinski definition) is 2. The van der Waals surface area contributed by atoms with Gasteiger partial charge >= 0.3 is 0 Å². The lowest BCUT2D eigenvalue weighted by Crippen LogP contribution is -2.36. The molecule has 3 nitrogen and oxygen atoms in total. The lowest BCUT2D eigenvalue weighted by Gasteiger charge is -2.14. The van der Waals surface area contributed by atoms with E-state index in [1.165, 1.54) is 21.6 Å². The Morgan fingerprint density at radius 2 is 1.41 bits per heavy atom. The average molecular weight is 423 g/mol. The highest BCUT2D eigenvalue weighted by atomic mass is 32.2. The van der Waals surface area contributed by atoms with Crippen LogP contribution in [0.4, 0.5) is 0 Å². The van der Waals surface area contributed by atoms with Gasteiger partial charge in [-0.1, -0.05) is 72.8 Å². The molecular weight excluding hydrogens is 396 g/mol. The summed E-state index contributed by atoms with van der Waals surface area (Å²) >= 11 is 7.24. The van der Waals surface area contributed by atoms with Crippen LogP contribution in [0.1, 0.15) is 16.7 Å². The summed E-state index contributed by atoms with van der Waals surface area (Å²) in [7, 11) is 0. The predicted octanol–water partition coefficient (Wildman–Crippen LogP) is 5.16. The zero-order chi connectivity index (χ0) is 20.2. The highest BCUT2D eigenvalue weighted by molar-refractivity contribution is 7.99. The van der Waals surface area contributed by atoms with E-state index in [1.54, 1.807) is 0 Å². The molecule has 2 N–H and O–H groups in total. The third-order valence-corrected chi connectivity index (χ3v) is 5.63. The van der Waals surface area contributed by atoms with Gasteiger partial charge in [0, 0.05) is 23.7 Å². The quantitative estimate of drug-likeness (QED) is 0.268. The molecule has 0 spiro atoms. The summed E-state index contributed by atoms with van der Waals surface area (Å²) in [5.41, 5.74) is 3.56. The number of rotatable bonds is 10. The SMILES string of the molecule is S=C(NCCSc1ccccc1)NCc1ccccc1COCc1ccccc1. The van der Waals surface area contributed by atoms with Crippen LogP contribution in [0, 0.1) is 0 Å². The highest BCUT2D eigenvalue weighted by Gasteiger charge is 2.04. The van der Waals surface area contributed by atoms with Gasteiger partial charge in [-0.3, -0.25) is 0 Å².